The standard InChI is InChI=1S/C7H6BrFN4/c1-3-5(8)4(9)2-13-6(3)11-7(10)12-13/h2H,1H3,(H2,10,12). The third-order valence-electron chi connectivity index (χ3n) is 1.76. The fourth-order valence-corrected chi connectivity index (χ4v) is 1.41. The highest BCUT2D eigenvalue weighted by Gasteiger charge is 2.10. The number of nitrogens with two attached hydrogens (primary N) is 1. The molecule has 0 fully saturated rings. The lowest BCUT2D eigenvalue weighted by Crippen LogP contribution is -1.94. The van der Waals surface area contributed by atoms with E-state index in [9.17, 15) is 4.39 Å². The molecule has 2 N–H and O–H groups in total. The molecule has 4 nitrogen and oxygen atoms in total. The number of hydrogen-bond acceptors (Lipinski definition) is 3. The summed E-state index contributed by atoms with van der Waals surface area (Å²) in [5.74, 6) is -0.240. The van der Waals surface area contributed by atoms with E-state index < -0.39 is 0 Å². The Morgan fingerprint density at radius 2 is 2.31 bits per heavy atom. The Bertz CT molecular complexity index is 479. The Labute approximate surface area is 81.7 Å². The molecular weight excluding hydrogens is 239 g/mol. The van der Waals surface area contributed by atoms with Crippen LogP contribution in [0.3, 0.4) is 0 Å². The van der Waals surface area contributed by atoms with Crippen molar-refractivity contribution in [3.63, 3.8) is 0 Å². The van der Waals surface area contributed by atoms with E-state index in [-0.39, 0.29) is 11.8 Å². The van der Waals surface area contributed by atoms with Gasteiger partial charge in [-0.25, -0.2) is 8.91 Å². The Morgan fingerprint density at radius 1 is 1.62 bits per heavy atom. The third-order valence-corrected chi connectivity index (χ3v) is 2.73. The summed E-state index contributed by atoms with van der Waals surface area (Å²) >= 11 is 3.11. The van der Waals surface area contributed by atoms with Crippen LogP contribution >= 0.6 is 15.9 Å². The van der Waals surface area contributed by atoms with Crippen molar-refractivity contribution in [2.24, 2.45) is 0 Å². The first-order valence-corrected chi connectivity index (χ1v) is 4.35. The van der Waals surface area contributed by atoms with Crippen LogP contribution < -0.4 is 5.73 Å². The van der Waals surface area contributed by atoms with E-state index in [1.54, 1.807) is 6.92 Å². The van der Waals surface area contributed by atoms with Gasteiger partial charge in [0.05, 0.1) is 10.7 Å². The van der Waals surface area contributed by atoms with E-state index in [2.05, 4.69) is 26.0 Å². The molecule has 0 radical (unpaired) electrons. The number of anilines is 1. The van der Waals surface area contributed by atoms with Crippen molar-refractivity contribution in [2.45, 2.75) is 6.92 Å². The van der Waals surface area contributed by atoms with Crippen LogP contribution in [0.1, 0.15) is 5.56 Å². The average Bonchev–Trinajstić information content (AvgIpc) is 2.42. The lowest BCUT2D eigenvalue weighted by atomic mass is 10.3. The summed E-state index contributed by atoms with van der Waals surface area (Å²) in [5.41, 5.74) is 6.62. The molecular formula is C7H6BrFN4. The molecule has 0 aliphatic carbocycles. The Kier molecular flexibility index (Phi) is 1.73. The van der Waals surface area contributed by atoms with Crippen LogP contribution in [0.25, 0.3) is 5.65 Å². The first-order valence-electron chi connectivity index (χ1n) is 3.56. The van der Waals surface area contributed by atoms with Crippen molar-refractivity contribution in [1.29, 1.82) is 0 Å². The number of aryl methyl sites for hydroxylation is 1. The Hall–Kier alpha value is -1.17. The molecule has 2 rings (SSSR count). The van der Waals surface area contributed by atoms with E-state index in [0.29, 0.717) is 15.7 Å². The van der Waals surface area contributed by atoms with Gasteiger partial charge in [0, 0.05) is 5.56 Å². The smallest absolute Gasteiger partial charge is 0.240 e. The van der Waals surface area contributed by atoms with Crippen LogP contribution in [0.2, 0.25) is 0 Å². The summed E-state index contributed by atoms with van der Waals surface area (Å²) in [5, 5.41) is 3.80. The van der Waals surface area contributed by atoms with Crippen LogP contribution in [0.15, 0.2) is 10.7 Å². The lowest BCUT2D eigenvalue weighted by molar-refractivity contribution is 0.606. The summed E-state index contributed by atoms with van der Waals surface area (Å²) in [6.07, 6.45) is 1.23. The molecule has 0 bridgehead atoms. The minimum Gasteiger partial charge on any atom is -0.366 e. The zero-order chi connectivity index (χ0) is 9.59. The van der Waals surface area contributed by atoms with Crippen LogP contribution in [-0.4, -0.2) is 14.6 Å². The highest BCUT2D eigenvalue weighted by atomic mass is 79.9. The number of fused-ring (bicyclic) bond motifs is 1. The predicted molar refractivity (Wildman–Crippen MR) is 49.8 cm³/mol. The topological polar surface area (TPSA) is 56.2 Å². The summed E-state index contributed by atoms with van der Waals surface area (Å²) in [6.45, 7) is 1.75. The SMILES string of the molecule is Cc1c(Br)c(F)cn2nc(N)nc12. The molecule has 68 valence electrons. The van der Waals surface area contributed by atoms with E-state index in [0.717, 1.165) is 0 Å². The lowest BCUT2D eigenvalue weighted by Gasteiger charge is -2.00. The van der Waals surface area contributed by atoms with Gasteiger partial charge >= 0.3 is 0 Å². The van der Waals surface area contributed by atoms with Gasteiger partial charge in [-0.15, -0.1) is 5.10 Å². The molecule has 2 heterocycles. The number of pyridine rings is 1. The van der Waals surface area contributed by atoms with Crippen molar-refractivity contribution < 1.29 is 4.39 Å². The molecule has 0 atom stereocenters. The molecule has 0 aliphatic heterocycles. The van der Waals surface area contributed by atoms with Gasteiger partial charge in [-0.3, -0.25) is 0 Å². The number of rotatable bonds is 0. The van der Waals surface area contributed by atoms with Crippen LogP contribution in [0.4, 0.5) is 10.3 Å². The van der Waals surface area contributed by atoms with Gasteiger partial charge in [-0.2, -0.15) is 4.98 Å². The van der Waals surface area contributed by atoms with Crippen molar-refractivity contribution in [3.8, 4) is 0 Å². The predicted octanol–water partition coefficient (Wildman–Crippen LogP) is 1.52. The van der Waals surface area contributed by atoms with Gasteiger partial charge in [0.1, 0.15) is 0 Å². The second kappa shape index (κ2) is 2.66. The Morgan fingerprint density at radius 3 is 3.00 bits per heavy atom. The molecule has 13 heavy (non-hydrogen) atoms. The third kappa shape index (κ3) is 1.17. The van der Waals surface area contributed by atoms with Gasteiger partial charge in [0.2, 0.25) is 5.95 Å². The van der Waals surface area contributed by atoms with Gasteiger partial charge in [-0.1, -0.05) is 0 Å². The minimum absolute atomic E-state index is 0.139. The second-order valence-corrected chi connectivity index (χ2v) is 3.45. The normalized spacial score (nSPS) is 11.0. The van der Waals surface area contributed by atoms with Gasteiger partial charge < -0.3 is 5.73 Å². The number of aromatic nitrogens is 3. The summed E-state index contributed by atoms with van der Waals surface area (Å²) in [7, 11) is 0. The number of nitrogens with zero attached hydrogens (tertiary/aromatic N) is 3. The fraction of sp³-hybridized carbons (Fsp3) is 0.143. The van der Waals surface area contributed by atoms with Gasteiger partial charge in [-0.05, 0) is 22.9 Å². The van der Waals surface area contributed by atoms with Crippen molar-refractivity contribution in [3.05, 3.63) is 22.1 Å². The maximum absolute atomic E-state index is 13.1. The largest absolute Gasteiger partial charge is 0.366 e. The Balaban J connectivity index is 2.92. The molecule has 0 saturated carbocycles. The second-order valence-electron chi connectivity index (χ2n) is 2.65. The average molecular weight is 245 g/mol. The van der Waals surface area contributed by atoms with Crippen LogP contribution in [0.5, 0.6) is 0 Å². The quantitative estimate of drug-likeness (QED) is 0.765. The van der Waals surface area contributed by atoms with Crippen molar-refractivity contribution in [1.82, 2.24) is 14.6 Å². The van der Waals surface area contributed by atoms with Gasteiger partial charge in [0.15, 0.2) is 11.5 Å². The maximum Gasteiger partial charge on any atom is 0.240 e. The van der Waals surface area contributed by atoms with E-state index in [4.69, 9.17) is 5.73 Å². The molecule has 0 aromatic carbocycles. The van der Waals surface area contributed by atoms with E-state index in [1.165, 1.54) is 10.7 Å². The molecule has 2 aromatic heterocycles. The molecule has 0 aliphatic rings. The monoisotopic (exact) mass is 244 g/mol. The maximum atomic E-state index is 13.1. The summed E-state index contributed by atoms with van der Waals surface area (Å²) < 4.78 is 14.9. The number of hydrogen-bond donors (Lipinski definition) is 1. The summed E-state index contributed by atoms with van der Waals surface area (Å²) in [6, 6.07) is 0. The highest BCUT2D eigenvalue weighted by molar-refractivity contribution is 9.10. The zero-order valence-corrected chi connectivity index (χ0v) is 8.34. The molecule has 0 spiro atoms. The van der Waals surface area contributed by atoms with E-state index >= 15 is 0 Å². The molecule has 0 amide bonds. The van der Waals surface area contributed by atoms with Crippen LogP contribution in [-0.2, 0) is 0 Å². The molecule has 2 aromatic rings. The number of halogens is 2. The van der Waals surface area contributed by atoms with Crippen LogP contribution in [0, 0.1) is 12.7 Å². The number of nitrogen functional groups attached to an aromatic ring is 1. The first kappa shape index (κ1) is 8.43. The minimum atomic E-state index is -0.380. The fourth-order valence-electron chi connectivity index (χ4n) is 1.13. The summed E-state index contributed by atoms with van der Waals surface area (Å²) in [4.78, 5) is 3.95. The first-order chi connectivity index (χ1) is 6.09. The molecule has 0 unspecified atom stereocenters. The molecule has 0 saturated heterocycles. The van der Waals surface area contributed by atoms with E-state index in [1.807, 2.05) is 0 Å². The van der Waals surface area contributed by atoms with Crippen molar-refractivity contribution in [2.75, 3.05) is 5.73 Å². The zero-order valence-electron chi connectivity index (χ0n) is 6.75. The highest BCUT2D eigenvalue weighted by Crippen LogP contribution is 2.22. The van der Waals surface area contributed by atoms with Gasteiger partial charge in [0.25, 0.3) is 0 Å². The van der Waals surface area contributed by atoms with Crippen molar-refractivity contribution >= 4 is 27.5 Å². The molecule has 6 heteroatoms.